The molecular formula is C16H20N2OS. The molecule has 1 aromatic heterocycles. The van der Waals surface area contributed by atoms with Crippen molar-refractivity contribution in [3.63, 3.8) is 0 Å². The van der Waals surface area contributed by atoms with Crippen molar-refractivity contribution in [2.45, 2.75) is 32.6 Å². The first-order chi connectivity index (χ1) is 9.65. The van der Waals surface area contributed by atoms with Crippen molar-refractivity contribution >= 4 is 23.5 Å². The quantitative estimate of drug-likeness (QED) is 0.652. The molecule has 2 aromatic rings. The van der Waals surface area contributed by atoms with Crippen LogP contribution in [0.4, 0.5) is 5.82 Å². The molecule has 1 aromatic carbocycles. The minimum atomic E-state index is 0.0280. The molecule has 20 heavy (non-hydrogen) atoms. The Morgan fingerprint density at radius 1 is 1.10 bits per heavy atom. The van der Waals surface area contributed by atoms with Crippen molar-refractivity contribution < 1.29 is 4.79 Å². The van der Waals surface area contributed by atoms with E-state index >= 15 is 0 Å². The summed E-state index contributed by atoms with van der Waals surface area (Å²) >= 11 is 1.50. The molecule has 3 nitrogen and oxygen atoms in total. The van der Waals surface area contributed by atoms with Crippen LogP contribution in [0.5, 0.6) is 0 Å². The van der Waals surface area contributed by atoms with Crippen LogP contribution < -0.4 is 4.72 Å². The Morgan fingerprint density at radius 2 is 1.75 bits per heavy atom. The van der Waals surface area contributed by atoms with Crippen LogP contribution in [0.25, 0.3) is 0 Å². The number of pyridine rings is 1. The van der Waals surface area contributed by atoms with Crippen LogP contribution in [0.3, 0.4) is 0 Å². The van der Waals surface area contributed by atoms with Crippen molar-refractivity contribution in [3.8, 4) is 0 Å². The van der Waals surface area contributed by atoms with Gasteiger partial charge in [0.15, 0.2) is 5.78 Å². The summed E-state index contributed by atoms with van der Waals surface area (Å²) in [5.74, 6) is 0.769. The Morgan fingerprint density at radius 3 is 2.25 bits per heavy atom. The third kappa shape index (κ3) is 5.05. The Kier molecular flexibility index (Phi) is 6.81. The molecule has 2 rings (SSSR count). The average Bonchev–Trinajstić information content (AvgIpc) is 2.49. The number of aromatic nitrogens is 1. The van der Waals surface area contributed by atoms with Crippen LogP contribution >= 0.6 is 11.9 Å². The minimum absolute atomic E-state index is 0.0280. The van der Waals surface area contributed by atoms with Gasteiger partial charge in [-0.15, -0.1) is 0 Å². The van der Waals surface area contributed by atoms with E-state index in [0.29, 0.717) is 5.56 Å². The van der Waals surface area contributed by atoms with Gasteiger partial charge < -0.3 is 4.72 Å². The Hall–Kier alpha value is -1.81. The molecule has 0 saturated carbocycles. The van der Waals surface area contributed by atoms with Crippen LogP contribution in [0.2, 0.25) is 0 Å². The van der Waals surface area contributed by atoms with Crippen molar-refractivity contribution in [1.29, 1.82) is 0 Å². The van der Waals surface area contributed by atoms with E-state index in [-0.39, 0.29) is 5.78 Å². The number of aryl methyl sites for hydroxylation is 1. The zero-order valence-electron chi connectivity index (χ0n) is 12.3. The van der Waals surface area contributed by atoms with E-state index in [2.05, 4.69) is 40.9 Å². The standard InChI is InChI=1S/C14H14N2OS.C2H6/c1-10-3-6-13(7-4-10)18-16-14-8-5-12(9-15-14)11(2)17;1-2/h3-9H,1-2H3,(H,15,16);1-2H3. The average molecular weight is 288 g/mol. The maximum atomic E-state index is 11.1. The number of carbonyl (C=O) groups excluding carboxylic acids is 1. The number of hydrogen-bond acceptors (Lipinski definition) is 4. The topological polar surface area (TPSA) is 42.0 Å². The fourth-order valence-corrected chi connectivity index (χ4v) is 2.00. The number of nitrogens with zero attached hydrogens (tertiary/aromatic N) is 1. The van der Waals surface area contributed by atoms with Gasteiger partial charge in [0.05, 0.1) is 0 Å². The lowest BCUT2D eigenvalue weighted by atomic mass is 10.2. The molecule has 0 saturated heterocycles. The number of carbonyl (C=O) groups is 1. The van der Waals surface area contributed by atoms with Crippen molar-refractivity contribution in [3.05, 3.63) is 53.7 Å². The first kappa shape index (κ1) is 16.2. The molecule has 0 amide bonds. The van der Waals surface area contributed by atoms with E-state index in [4.69, 9.17) is 0 Å². The van der Waals surface area contributed by atoms with Crippen LogP contribution in [-0.2, 0) is 0 Å². The number of Topliss-reactive ketones (excluding diaryl/α,β-unsaturated/α-hetero) is 1. The summed E-state index contributed by atoms with van der Waals surface area (Å²) in [6.07, 6.45) is 1.58. The molecule has 0 unspecified atom stereocenters. The summed E-state index contributed by atoms with van der Waals surface area (Å²) in [5, 5.41) is 0. The molecule has 1 N–H and O–H groups in total. The van der Waals surface area contributed by atoms with Gasteiger partial charge in [-0.1, -0.05) is 31.5 Å². The van der Waals surface area contributed by atoms with Gasteiger partial charge in [0.1, 0.15) is 5.82 Å². The summed E-state index contributed by atoms with van der Waals surface area (Å²) in [6.45, 7) is 7.59. The van der Waals surface area contributed by atoms with Gasteiger partial charge in [0.2, 0.25) is 0 Å². The molecule has 0 atom stereocenters. The van der Waals surface area contributed by atoms with Crippen molar-refractivity contribution in [2.24, 2.45) is 0 Å². The fraction of sp³-hybridized carbons (Fsp3) is 0.250. The fourth-order valence-electron chi connectivity index (χ4n) is 1.38. The normalized spacial score (nSPS) is 9.40. The van der Waals surface area contributed by atoms with E-state index in [1.54, 1.807) is 18.3 Å². The van der Waals surface area contributed by atoms with Gasteiger partial charge in [-0.25, -0.2) is 4.98 Å². The lowest BCUT2D eigenvalue weighted by Gasteiger charge is -2.05. The number of rotatable bonds is 4. The molecule has 0 aliphatic carbocycles. The highest BCUT2D eigenvalue weighted by Crippen LogP contribution is 2.20. The molecule has 106 valence electrons. The first-order valence-corrected chi connectivity index (χ1v) is 7.43. The highest BCUT2D eigenvalue weighted by molar-refractivity contribution is 8.00. The van der Waals surface area contributed by atoms with Gasteiger partial charge in [-0.3, -0.25) is 4.79 Å². The van der Waals surface area contributed by atoms with Crippen molar-refractivity contribution in [2.75, 3.05) is 4.72 Å². The third-order valence-electron chi connectivity index (χ3n) is 2.46. The summed E-state index contributed by atoms with van der Waals surface area (Å²) < 4.78 is 3.14. The second-order valence-electron chi connectivity index (χ2n) is 4.01. The van der Waals surface area contributed by atoms with Crippen LogP contribution in [0.1, 0.15) is 36.7 Å². The molecule has 0 fully saturated rings. The number of benzene rings is 1. The van der Waals surface area contributed by atoms with Crippen LogP contribution in [0, 0.1) is 6.92 Å². The van der Waals surface area contributed by atoms with E-state index in [0.717, 1.165) is 10.7 Å². The summed E-state index contributed by atoms with van der Waals surface area (Å²) in [4.78, 5) is 16.4. The predicted molar refractivity (Wildman–Crippen MR) is 86.2 cm³/mol. The smallest absolute Gasteiger partial charge is 0.161 e. The van der Waals surface area contributed by atoms with E-state index in [9.17, 15) is 4.79 Å². The predicted octanol–water partition coefficient (Wildman–Crippen LogP) is 4.74. The number of ketones is 1. The Labute approximate surface area is 125 Å². The summed E-state index contributed by atoms with van der Waals surface area (Å²) in [6, 6.07) is 11.8. The van der Waals surface area contributed by atoms with Gasteiger partial charge in [0, 0.05) is 16.7 Å². The molecule has 1 heterocycles. The number of hydrogen-bond donors (Lipinski definition) is 1. The van der Waals surface area contributed by atoms with E-state index in [1.807, 2.05) is 13.8 Å². The number of anilines is 1. The molecule has 0 spiro atoms. The third-order valence-corrected chi connectivity index (χ3v) is 3.28. The molecular weight excluding hydrogens is 268 g/mol. The van der Waals surface area contributed by atoms with Crippen molar-refractivity contribution in [1.82, 2.24) is 4.98 Å². The maximum absolute atomic E-state index is 11.1. The lowest BCUT2D eigenvalue weighted by molar-refractivity contribution is 0.101. The summed E-state index contributed by atoms with van der Waals surface area (Å²) in [5.41, 5.74) is 1.86. The molecule has 0 radical (unpaired) electrons. The van der Waals surface area contributed by atoms with Gasteiger partial charge in [-0.05, 0) is 50.1 Å². The lowest BCUT2D eigenvalue weighted by Crippen LogP contribution is -1.95. The zero-order valence-corrected chi connectivity index (χ0v) is 13.1. The monoisotopic (exact) mass is 288 g/mol. The highest BCUT2D eigenvalue weighted by atomic mass is 32.2. The molecule has 0 bridgehead atoms. The first-order valence-electron chi connectivity index (χ1n) is 6.61. The molecule has 4 heteroatoms. The van der Waals surface area contributed by atoms with E-state index in [1.165, 1.54) is 24.4 Å². The SMILES string of the molecule is CC.CC(=O)c1ccc(NSc2ccc(C)cc2)nc1. The Balaban J connectivity index is 0.000000956. The van der Waals surface area contributed by atoms with Gasteiger partial charge in [0.25, 0.3) is 0 Å². The largest absolute Gasteiger partial charge is 0.310 e. The second kappa shape index (κ2) is 8.38. The second-order valence-corrected chi connectivity index (χ2v) is 4.89. The Bertz CT molecular complexity index is 535. The van der Waals surface area contributed by atoms with Crippen LogP contribution in [0.15, 0.2) is 47.5 Å². The van der Waals surface area contributed by atoms with Gasteiger partial charge in [-0.2, -0.15) is 0 Å². The maximum Gasteiger partial charge on any atom is 0.161 e. The molecule has 0 aliphatic heterocycles. The molecule has 0 aliphatic rings. The van der Waals surface area contributed by atoms with E-state index < -0.39 is 0 Å². The zero-order chi connectivity index (χ0) is 15.0. The highest BCUT2D eigenvalue weighted by Gasteiger charge is 2.00. The minimum Gasteiger partial charge on any atom is -0.310 e. The summed E-state index contributed by atoms with van der Waals surface area (Å²) in [7, 11) is 0. The number of nitrogens with one attached hydrogen (secondary N) is 1. The van der Waals surface area contributed by atoms with Crippen LogP contribution in [-0.4, -0.2) is 10.8 Å². The van der Waals surface area contributed by atoms with Gasteiger partial charge >= 0.3 is 0 Å².